The van der Waals surface area contributed by atoms with Crippen molar-refractivity contribution < 1.29 is 14.3 Å². The number of nitrogens with one attached hydrogen (secondary N) is 2. The monoisotopic (exact) mass is 603 g/mol. The summed E-state index contributed by atoms with van der Waals surface area (Å²) >= 11 is 0. The summed E-state index contributed by atoms with van der Waals surface area (Å²) in [6, 6.07) is 0. The predicted octanol–water partition coefficient (Wildman–Crippen LogP) is 10.4. The van der Waals surface area contributed by atoms with Gasteiger partial charge in [-0.2, -0.15) is 0 Å². The number of hydrogen-bond donors (Lipinski definition) is 2. The molecule has 1 aliphatic heterocycles. The van der Waals surface area contributed by atoms with Crippen LogP contribution in [0.1, 0.15) is 206 Å². The number of hydrogen-bond acceptors (Lipinski definition) is 5. The Kier molecular flexibility index (Phi) is 17.2. The molecule has 43 heavy (non-hydrogen) atoms. The van der Waals surface area contributed by atoms with Crippen LogP contribution in [0, 0.1) is 5.41 Å². The minimum absolute atomic E-state index is 0.102. The van der Waals surface area contributed by atoms with E-state index in [4.69, 9.17) is 4.74 Å². The van der Waals surface area contributed by atoms with Gasteiger partial charge in [0.2, 0.25) is 0 Å². The van der Waals surface area contributed by atoms with E-state index in [-0.39, 0.29) is 17.3 Å². The lowest BCUT2D eigenvalue weighted by Crippen LogP contribution is -2.68. The molecule has 3 rings (SSSR count). The first kappa shape index (κ1) is 36.5. The molecule has 0 aromatic carbocycles. The van der Waals surface area contributed by atoms with Gasteiger partial charge >= 0.3 is 5.97 Å². The van der Waals surface area contributed by atoms with E-state index >= 15 is 0 Å². The van der Waals surface area contributed by atoms with Crippen LogP contribution in [0.3, 0.4) is 0 Å². The third-order valence-electron chi connectivity index (χ3n) is 11.5. The molecule has 2 atom stereocenters. The Bertz CT molecular complexity index is 761. The minimum Gasteiger partial charge on any atom is -0.466 e. The Morgan fingerprint density at radius 1 is 0.605 bits per heavy atom. The molecule has 5 heteroatoms. The quantitative estimate of drug-likeness (QED) is 0.128. The summed E-state index contributed by atoms with van der Waals surface area (Å²) in [6.45, 7) is 4.48. The van der Waals surface area contributed by atoms with Gasteiger partial charge in [-0.05, 0) is 70.1 Å². The predicted molar refractivity (Wildman–Crippen MR) is 180 cm³/mol. The fraction of sp³-hybridized carbons (Fsp3) is 0.947. The first-order valence-corrected chi connectivity index (χ1v) is 19.1. The SMILES string of the molecule is CCCCCCCCCCCCCCOC(=O)CCC1(C(C)=O)CCC2(CCC3(CCCCCCCCCCC3)C2)NN1. The fourth-order valence-electron chi connectivity index (χ4n) is 8.48. The third kappa shape index (κ3) is 13.1. The molecule has 2 unspecified atom stereocenters. The van der Waals surface area contributed by atoms with Gasteiger partial charge in [0.25, 0.3) is 0 Å². The molecule has 2 spiro atoms. The van der Waals surface area contributed by atoms with E-state index in [2.05, 4.69) is 17.8 Å². The van der Waals surface area contributed by atoms with Crippen LogP contribution in [-0.4, -0.2) is 29.4 Å². The Hall–Kier alpha value is -0.940. The normalized spacial score (nSPS) is 26.7. The molecule has 3 aliphatic rings. The Labute approximate surface area is 266 Å². The van der Waals surface area contributed by atoms with Crippen LogP contribution < -0.4 is 10.9 Å². The number of rotatable bonds is 17. The van der Waals surface area contributed by atoms with Crippen LogP contribution in [0.25, 0.3) is 0 Å². The van der Waals surface area contributed by atoms with Gasteiger partial charge in [0.05, 0.1) is 12.1 Å². The molecular weight excluding hydrogens is 532 g/mol. The van der Waals surface area contributed by atoms with Crippen LogP contribution in [0.2, 0.25) is 0 Å². The van der Waals surface area contributed by atoms with E-state index in [1.54, 1.807) is 6.92 Å². The molecule has 2 aliphatic carbocycles. The summed E-state index contributed by atoms with van der Waals surface area (Å²) in [4.78, 5) is 25.5. The zero-order valence-electron chi connectivity index (χ0n) is 28.6. The first-order valence-electron chi connectivity index (χ1n) is 19.1. The lowest BCUT2D eigenvalue weighted by Gasteiger charge is -2.46. The number of carbonyl (C=O) groups is 2. The summed E-state index contributed by atoms with van der Waals surface area (Å²) in [5.41, 5.74) is 7.17. The molecule has 250 valence electrons. The molecule has 5 nitrogen and oxygen atoms in total. The van der Waals surface area contributed by atoms with Gasteiger partial charge in [-0.15, -0.1) is 0 Å². The summed E-state index contributed by atoms with van der Waals surface area (Å²) in [6.07, 6.45) is 37.4. The topological polar surface area (TPSA) is 67.4 Å². The highest BCUT2D eigenvalue weighted by Crippen LogP contribution is 2.53. The van der Waals surface area contributed by atoms with Crippen molar-refractivity contribution in [1.29, 1.82) is 0 Å². The lowest BCUT2D eigenvalue weighted by molar-refractivity contribution is -0.144. The molecule has 0 radical (unpaired) electrons. The van der Waals surface area contributed by atoms with E-state index in [0.29, 0.717) is 24.9 Å². The summed E-state index contributed by atoms with van der Waals surface area (Å²) in [7, 11) is 0. The number of Topliss-reactive ketones (excluding diaryl/α,β-unsaturated/α-hetero) is 1. The summed E-state index contributed by atoms with van der Waals surface area (Å²) in [5.74, 6) is -0.0128. The second-order valence-electron chi connectivity index (χ2n) is 15.1. The highest BCUT2D eigenvalue weighted by molar-refractivity contribution is 5.86. The van der Waals surface area contributed by atoms with Crippen molar-refractivity contribution in [3.8, 4) is 0 Å². The standard InChI is InChI=1S/C38H70N2O3/c1-3-4-5-6-7-8-9-10-14-17-20-23-32-43-35(42)24-27-38(34(2)41)31-30-37(39-40-38)29-28-36(33-37)25-21-18-15-12-11-13-16-19-22-26-36/h39-40H,3-33H2,1-2H3. The van der Waals surface area contributed by atoms with E-state index in [9.17, 15) is 9.59 Å². The number of ether oxygens (including phenoxy) is 1. The van der Waals surface area contributed by atoms with Crippen molar-refractivity contribution in [3.05, 3.63) is 0 Å². The third-order valence-corrected chi connectivity index (χ3v) is 11.5. The summed E-state index contributed by atoms with van der Waals surface area (Å²) < 4.78 is 5.58. The second kappa shape index (κ2) is 20.2. The molecule has 2 saturated carbocycles. The number of ketones is 1. The lowest BCUT2D eigenvalue weighted by atomic mass is 9.72. The average molecular weight is 603 g/mol. The van der Waals surface area contributed by atoms with Crippen LogP contribution in [0.5, 0.6) is 0 Å². The van der Waals surface area contributed by atoms with E-state index < -0.39 is 5.54 Å². The van der Waals surface area contributed by atoms with Crippen molar-refractivity contribution in [2.75, 3.05) is 6.61 Å². The van der Waals surface area contributed by atoms with Crippen LogP contribution >= 0.6 is 0 Å². The van der Waals surface area contributed by atoms with Crippen molar-refractivity contribution in [3.63, 3.8) is 0 Å². The Balaban J connectivity index is 1.31. The molecule has 0 bridgehead atoms. The zero-order valence-corrected chi connectivity index (χ0v) is 28.6. The minimum atomic E-state index is -0.650. The smallest absolute Gasteiger partial charge is 0.305 e. The zero-order chi connectivity index (χ0) is 30.7. The first-order chi connectivity index (χ1) is 20.9. The number of esters is 1. The van der Waals surface area contributed by atoms with E-state index in [1.807, 2.05) is 0 Å². The summed E-state index contributed by atoms with van der Waals surface area (Å²) in [5, 5.41) is 0. The van der Waals surface area contributed by atoms with Crippen LogP contribution in [0.4, 0.5) is 0 Å². The van der Waals surface area contributed by atoms with Crippen molar-refractivity contribution in [2.24, 2.45) is 5.41 Å². The second-order valence-corrected chi connectivity index (χ2v) is 15.1. The average Bonchev–Trinajstić information content (AvgIpc) is 3.35. The van der Waals surface area contributed by atoms with Gasteiger partial charge in [-0.1, -0.05) is 135 Å². The maximum atomic E-state index is 12.9. The molecule has 2 N–H and O–H groups in total. The fourth-order valence-corrected chi connectivity index (χ4v) is 8.48. The van der Waals surface area contributed by atoms with Crippen molar-refractivity contribution in [2.45, 2.75) is 218 Å². The van der Waals surface area contributed by atoms with Gasteiger partial charge < -0.3 is 4.74 Å². The van der Waals surface area contributed by atoms with E-state index in [1.165, 1.54) is 154 Å². The van der Waals surface area contributed by atoms with Crippen molar-refractivity contribution >= 4 is 11.8 Å². The highest BCUT2D eigenvalue weighted by Gasteiger charge is 2.52. The maximum absolute atomic E-state index is 12.9. The van der Waals surface area contributed by atoms with Gasteiger partial charge in [0.1, 0.15) is 0 Å². The molecular formula is C38H70N2O3. The largest absolute Gasteiger partial charge is 0.466 e. The van der Waals surface area contributed by atoms with Gasteiger partial charge in [-0.3, -0.25) is 15.0 Å². The van der Waals surface area contributed by atoms with Crippen LogP contribution in [0.15, 0.2) is 0 Å². The maximum Gasteiger partial charge on any atom is 0.305 e. The molecule has 0 aromatic heterocycles. The van der Waals surface area contributed by atoms with E-state index in [0.717, 1.165) is 25.7 Å². The van der Waals surface area contributed by atoms with Gasteiger partial charge in [0.15, 0.2) is 5.78 Å². The molecule has 1 heterocycles. The molecule has 1 saturated heterocycles. The Morgan fingerprint density at radius 2 is 1.12 bits per heavy atom. The molecule has 0 aromatic rings. The van der Waals surface area contributed by atoms with Crippen LogP contribution in [-0.2, 0) is 14.3 Å². The molecule has 0 amide bonds. The Morgan fingerprint density at radius 3 is 1.63 bits per heavy atom. The number of unbranched alkanes of at least 4 members (excludes halogenated alkanes) is 11. The molecule has 3 fully saturated rings. The van der Waals surface area contributed by atoms with Gasteiger partial charge in [-0.25, -0.2) is 5.43 Å². The number of carbonyl (C=O) groups excluding carboxylic acids is 2. The van der Waals surface area contributed by atoms with Gasteiger partial charge in [0, 0.05) is 12.0 Å². The van der Waals surface area contributed by atoms with Crippen molar-refractivity contribution in [1.82, 2.24) is 10.9 Å². The highest BCUT2D eigenvalue weighted by atomic mass is 16.5. The number of hydrazine groups is 1.